The van der Waals surface area contributed by atoms with E-state index in [1.165, 1.54) is 0 Å². The van der Waals surface area contributed by atoms with E-state index in [-0.39, 0.29) is 17.9 Å². The van der Waals surface area contributed by atoms with Gasteiger partial charge < -0.3 is 19.7 Å². The fourth-order valence-electron chi connectivity index (χ4n) is 5.10. The number of rotatable bonds is 10. The van der Waals surface area contributed by atoms with Gasteiger partial charge in [0.25, 0.3) is 5.91 Å². The van der Waals surface area contributed by atoms with Gasteiger partial charge in [-0.2, -0.15) is 0 Å². The Labute approximate surface area is 210 Å². The first kappa shape index (κ1) is 26.5. The van der Waals surface area contributed by atoms with Gasteiger partial charge in [0, 0.05) is 38.1 Å². The van der Waals surface area contributed by atoms with Gasteiger partial charge in [-0.1, -0.05) is 50.3 Å². The largest absolute Gasteiger partial charge is 0.355 e. The lowest BCUT2D eigenvalue weighted by molar-refractivity contribution is -0.124. The highest BCUT2D eigenvalue weighted by atomic mass is 16.2. The Bertz CT molecular complexity index is 1090. The molecule has 0 aliphatic carbocycles. The summed E-state index contributed by atoms with van der Waals surface area (Å²) < 4.78 is 2.07. The minimum absolute atomic E-state index is 0.0318. The fourth-order valence-corrected chi connectivity index (χ4v) is 5.10. The van der Waals surface area contributed by atoms with Gasteiger partial charge in [-0.15, -0.1) is 0 Å². The van der Waals surface area contributed by atoms with Crippen LogP contribution in [0, 0.1) is 6.92 Å². The predicted octanol–water partition coefficient (Wildman–Crippen LogP) is 4.68. The maximum absolute atomic E-state index is 13.7. The number of carbonyl (C=O) groups is 2. The minimum Gasteiger partial charge on any atom is -0.355 e. The van der Waals surface area contributed by atoms with E-state index < -0.39 is 5.92 Å². The van der Waals surface area contributed by atoms with Crippen LogP contribution in [-0.2, 0) is 11.8 Å². The molecule has 2 heterocycles. The first-order valence-electron chi connectivity index (χ1n) is 12.7. The van der Waals surface area contributed by atoms with Gasteiger partial charge in [-0.05, 0) is 68.7 Å². The molecule has 2 amide bonds. The van der Waals surface area contributed by atoms with Gasteiger partial charge in [-0.25, -0.2) is 0 Å². The summed E-state index contributed by atoms with van der Waals surface area (Å²) >= 11 is 0. The number of aryl methyl sites for hydroxylation is 1. The number of benzene rings is 1. The van der Waals surface area contributed by atoms with E-state index in [0.29, 0.717) is 12.1 Å². The van der Waals surface area contributed by atoms with Crippen molar-refractivity contribution in [2.75, 3.05) is 33.2 Å². The summed E-state index contributed by atoms with van der Waals surface area (Å²) in [6, 6.07) is 7.16. The van der Waals surface area contributed by atoms with Crippen LogP contribution >= 0.6 is 0 Å². The zero-order valence-corrected chi connectivity index (χ0v) is 22.0. The Kier molecular flexibility index (Phi) is 9.10. The normalized spacial score (nSPS) is 18.1. The number of amides is 2. The van der Waals surface area contributed by atoms with E-state index >= 15 is 0 Å². The van der Waals surface area contributed by atoms with Crippen molar-refractivity contribution in [3.8, 4) is 0 Å². The fraction of sp³-hybridized carbons (Fsp3) is 0.448. The van der Waals surface area contributed by atoms with Crippen LogP contribution in [0.2, 0.25) is 0 Å². The van der Waals surface area contributed by atoms with Crippen molar-refractivity contribution >= 4 is 17.9 Å². The van der Waals surface area contributed by atoms with E-state index in [9.17, 15) is 9.59 Å². The van der Waals surface area contributed by atoms with Crippen LogP contribution in [-0.4, -0.2) is 59.4 Å². The maximum atomic E-state index is 13.7. The molecular formula is C29H40N4O2. The van der Waals surface area contributed by atoms with E-state index in [0.717, 1.165) is 48.4 Å². The lowest BCUT2D eigenvalue weighted by Gasteiger charge is -2.39. The Balaban J connectivity index is 1.97. The minimum atomic E-state index is -0.476. The molecule has 6 nitrogen and oxygen atoms in total. The van der Waals surface area contributed by atoms with E-state index in [4.69, 9.17) is 0 Å². The van der Waals surface area contributed by atoms with Gasteiger partial charge in [0.2, 0.25) is 5.91 Å². The molecule has 1 aliphatic heterocycles. The van der Waals surface area contributed by atoms with Crippen molar-refractivity contribution in [3.05, 3.63) is 76.6 Å². The highest BCUT2D eigenvalue weighted by molar-refractivity contribution is 6.01. The van der Waals surface area contributed by atoms with Gasteiger partial charge in [0.05, 0.1) is 12.0 Å². The van der Waals surface area contributed by atoms with E-state index in [2.05, 4.69) is 47.8 Å². The molecule has 188 valence electrons. The predicted molar refractivity (Wildman–Crippen MR) is 143 cm³/mol. The molecule has 2 atom stereocenters. The molecule has 6 heteroatoms. The SMILES string of the molecule is C/C=C\C=C/c1c(C)c(C2C(C(=O)NCCCN(CC)CC)c3ccccc3C(=O)N2C)cn1C. The monoisotopic (exact) mass is 476 g/mol. The van der Waals surface area contributed by atoms with Crippen LogP contribution in [0.15, 0.2) is 48.7 Å². The van der Waals surface area contributed by atoms with Crippen molar-refractivity contribution in [2.24, 2.45) is 7.05 Å². The molecule has 1 aromatic heterocycles. The lowest BCUT2D eigenvalue weighted by atomic mass is 9.79. The zero-order chi connectivity index (χ0) is 25.5. The molecule has 0 saturated heterocycles. The molecule has 35 heavy (non-hydrogen) atoms. The zero-order valence-electron chi connectivity index (χ0n) is 22.0. The van der Waals surface area contributed by atoms with Crippen LogP contribution in [0.3, 0.4) is 0 Å². The number of nitrogens with one attached hydrogen (secondary N) is 1. The number of likely N-dealkylation sites (N-methyl/N-ethyl adjacent to an activating group) is 1. The summed E-state index contributed by atoms with van der Waals surface area (Å²) in [5, 5.41) is 3.18. The summed E-state index contributed by atoms with van der Waals surface area (Å²) in [6.07, 6.45) is 11.0. The molecule has 2 unspecified atom stereocenters. The molecule has 1 N–H and O–H groups in total. The van der Waals surface area contributed by atoms with Crippen LogP contribution in [0.1, 0.15) is 71.9 Å². The Morgan fingerprint density at radius 2 is 1.83 bits per heavy atom. The van der Waals surface area contributed by atoms with Crippen molar-refractivity contribution < 1.29 is 9.59 Å². The molecule has 0 radical (unpaired) electrons. The summed E-state index contributed by atoms with van der Waals surface area (Å²) in [5.41, 5.74) is 4.56. The lowest BCUT2D eigenvalue weighted by Crippen LogP contribution is -2.46. The number of hydrogen-bond donors (Lipinski definition) is 1. The van der Waals surface area contributed by atoms with Crippen LogP contribution in [0.5, 0.6) is 0 Å². The molecule has 1 aromatic carbocycles. The highest BCUT2D eigenvalue weighted by Crippen LogP contribution is 2.43. The standard InChI is InChI=1S/C29H40N4O2/c1-7-10-11-17-25-21(4)24(20-31(25)5)27-26(28(34)30-18-14-19-33(8-2)9-3)22-15-12-13-16-23(22)29(35)32(27)6/h7,10-13,15-17,20,26-27H,8-9,14,18-19H2,1-6H3,(H,30,34)/b10-7-,17-11-. The third-order valence-corrected chi connectivity index (χ3v) is 7.11. The smallest absolute Gasteiger partial charge is 0.254 e. The molecule has 0 bridgehead atoms. The maximum Gasteiger partial charge on any atom is 0.254 e. The second-order valence-corrected chi connectivity index (χ2v) is 9.19. The number of allylic oxidation sites excluding steroid dienone is 3. The molecular weight excluding hydrogens is 436 g/mol. The van der Waals surface area contributed by atoms with Crippen LogP contribution < -0.4 is 5.32 Å². The van der Waals surface area contributed by atoms with Gasteiger partial charge >= 0.3 is 0 Å². The first-order chi connectivity index (χ1) is 16.8. The quantitative estimate of drug-likeness (QED) is 0.400. The molecule has 2 aromatic rings. The van der Waals surface area contributed by atoms with E-state index in [1.54, 1.807) is 4.90 Å². The van der Waals surface area contributed by atoms with Crippen molar-refractivity contribution in [3.63, 3.8) is 0 Å². The van der Waals surface area contributed by atoms with Crippen LogP contribution in [0.25, 0.3) is 6.08 Å². The van der Waals surface area contributed by atoms with Crippen molar-refractivity contribution in [1.82, 2.24) is 19.7 Å². The van der Waals surface area contributed by atoms with Gasteiger partial charge in [-0.3, -0.25) is 9.59 Å². The third-order valence-electron chi connectivity index (χ3n) is 7.11. The summed E-state index contributed by atoms with van der Waals surface area (Å²) in [7, 11) is 3.82. The molecule has 1 aliphatic rings. The summed E-state index contributed by atoms with van der Waals surface area (Å²) in [5.74, 6) is -0.558. The van der Waals surface area contributed by atoms with E-state index in [1.807, 2.05) is 63.5 Å². The average molecular weight is 477 g/mol. The molecule has 0 spiro atoms. The molecule has 0 saturated carbocycles. The average Bonchev–Trinajstić information content (AvgIpc) is 3.14. The second-order valence-electron chi connectivity index (χ2n) is 9.19. The topological polar surface area (TPSA) is 57.6 Å². The third kappa shape index (κ3) is 5.59. The second kappa shape index (κ2) is 12.0. The number of aromatic nitrogens is 1. The first-order valence-corrected chi connectivity index (χ1v) is 12.7. The molecule has 3 rings (SSSR count). The van der Waals surface area contributed by atoms with Gasteiger partial charge in [0.15, 0.2) is 0 Å². The number of nitrogens with zero attached hydrogens (tertiary/aromatic N) is 3. The summed E-state index contributed by atoms with van der Waals surface area (Å²) in [4.78, 5) is 31.1. The van der Waals surface area contributed by atoms with Crippen LogP contribution in [0.4, 0.5) is 0 Å². The number of fused-ring (bicyclic) bond motifs is 1. The van der Waals surface area contributed by atoms with Crippen molar-refractivity contribution in [2.45, 2.75) is 46.1 Å². The van der Waals surface area contributed by atoms with Crippen molar-refractivity contribution in [1.29, 1.82) is 0 Å². The number of hydrogen-bond acceptors (Lipinski definition) is 3. The summed E-state index contributed by atoms with van der Waals surface area (Å²) in [6.45, 7) is 12.0. The Morgan fingerprint density at radius 3 is 2.51 bits per heavy atom. The Morgan fingerprint density at radius 1 is 1.11 bits per heavy atom. The van der Waals surface area contributed by atoms with Gasteiger partial charge in [0.1, 0.15) is 0 Å². The highest BCUT2D eigenvalue weighted by Gasteiger charge is 2.43. The Hall–Kier alpha value is -3.12. The number of carbonyl (C=O) groups excluding carboxylic acids is 2. The molecule has 0 fully saturated rings.